The summed E-state index contributed by atoms with van der Waals surface area (Å²) in [4.78, 5) is 38.3. The van der Waals surface area contributed by atoms with E-state index < -0.39 is 62.5 Å². The zero-order valence-electron chi connectivity index (χ0n) is 31.3. The van der Waals surface area contributed by atoms with Crippen molar-refractivity contribution in [2.24, 2.45) is 5.92 Å². The lowest BCUT2D eigenvalue weighted by molar-refractivity contribution is -0.126. The highest BCUT2D eigenvalue weighted by Crippen LogP contribution is 2.31. The van der Waals surface area contributed by atoms with Crippen LogP contribution in [0.3, 0.4) is 0 Å². The van der Waals surface area contributed by atoms with Gasteiger partial charge in [0, 0.05) is 21.7 Å². The lowest BCUT2D eigenvalue weighted by Gasteiger charge is -2.30. The van der Waals surface area contributed by atoms with Gasteiger partial charge in [0.25, 0.3) is 5.91 Å². The molecule has 13 nitrogen and oxygen atoms in total. The highest BCUT2D eigenvalue weighted by atomic mass is 35.5. The van der Waals surface area contributed by atoms with Crippen molar-refractivity contribution in [2.75, 3.05) is 46.8 Å². The van der Waals surface area contributed by atoms with Crippen LogP contribution in [0, 0.1) is 12.8 Å². The van der Waals surface area contributed by atoms with Crippen molar-refractivity contribution < 1.29 is 49.8 Å². The summed E-state index contributed by atoms with van der Waals surface area (Å²) in [7, 11) is 1.52. The lowest BCUT2D eigenvalue weighted by Crippen LogP contribution is -2.57. The second-order valence-corrected chi connectivity index (χ2v) is 14.3. The quantitative estimate of drug-likeness (QED) is 0.0835. The number of ether oxygens (including phenoxy) is 1. The Morgan fingerprint density at radius 1 is 0.778 bits per heavy atom. The van der Waals surface area contributed by atoms with Crippen molar-refractivity contribution in [3.63, 3.8) is 0 Å². The molecule has 0 spiro atoms. The molecule has 1 atom stereocenters. The van der Waals surface area contributed by atoms with Crippen LogP contribution < -0.4 is 15.4 Å². The molecule has 0 bridgehead atoms. The average Bonchev–Trinajstić information content (AvgIpc) is 3.45. The predicted octanol–water partition coefficient (Wildman–Crippen LogP) is 2.50. The third-order valence-electron chi connectivity index (χ3n) is 9.30. The zero-order valence-corrected chi connectivity index (χ0v) is 32.1. The summed E-state index contributed by atoms with van der Waals surface area (Å²) in [5.41, 5.74) is 1.33. The van der Waals surface area contributed by atoms with Crippen molar-refractivity contribution in [1.82, 2.24) is 15.2 Å². The van der Waals surface area contributed by atoms with Crippen LogP contribution in [0.1, 0.15) is 59.4 Å². The molecule has 0 saturated heterocycles. The first kappa shape index (κ1) is 44.1. The van der Waals surface area contributed by atoms with Gasteiger partial charge >= 0.3 is 0 Å². The monoisotopic (exact) mass is 769 g/mol. The van der Waals surface area contributed by atoms with Crippen LogP contribution in [0.2, 0.25) is 5.02 Å². The fourth-order valence-electron chi connectivity index (χ4n) is 5.77. The number of methoxy groups -OCH3 is 1. The maximum absolute atomic E-state index is 13.3. The molecule has 0 aliphatic heterocycles. The van der Waals surface area contributed by atoms with Gasteiger partial charge in [-0.3, -0.25) is 19.0 Å². The highest BCUT2D eigenvalue weighted by Gasteiger charge is 2.33. The van der Waals surface area contributed by atoms with Gasteiger partial charge in [0.05, 0.1) is 64.6 Å². The van der Waals surface area contributed by atoms with Crippen molar-refractivity contribution in [3.05, 3.63) is 99.7 Å². The number of nitrogens with one attached hydrogen (secondary N) is 2. The summed E-state index contributed by atoms with van der Waals surface area (Å²) in [5, 5.41) is 62.5. The van der Waals surface area contributed by atoms with E-state index >= 15 is 0 Å². The van der Waals surface area contributed by atoms with Crippen molar-refractivity contribution in [1.29, 1.82) is 0 Å². The molecule has 1 unspecified atom stereocenters. The SMILES string of the molecule is CC(C)Cc1ccc(C(C)C(=O)NC(CO)(CO)CO)cc1.COc1ccc2c(c1)c(CC(=O)NC(CO)(CO)CO)c(C)n2C(=O)c1ccc(Cl)cc1. The van der Waals surface area contributed by atoms with E-state index in [1.54, 1.807) is 56.3 Å². The Morgan fingerprint density at radius 2 is 1.31 bits per heavy atom. The number of carbonyl (C=O) groups is 3. The van der Waals surface area contributed by atoms with Crippen LogP contribution in [-0.2, 0) is 22.4 Å². The van der Waals surface area contributed by atoms with Crippen LogP contribution in [0.15, 0.2) is 66.7 Å². The molecule has 54 heavy (non-hydrogen) atoms. The number of aromatic nitrogens is 1. The summed E-state index contributed by atoms with van der Waals surface area (Å²) in [6, 6.07) is 19.6. The van der Waals surface area contributed by atoms with E-state index in [4.69, 9.17) is 16.3 Å². The highest BCUT2D eigenvalue weighted by molar-refractivity contribution is 6.30. The Hall–Kier alpha value is -4.34. The number of amides is 2. The van der Waals surface area contributed by atoms with E-state index in [1.807, 2.05) is 24.3 Å². The first-order chi connectivity index (χ1) is 25.7. The minimum Gasteiger partial charge on any atom is -0.497 e. The van der Waals surface area contributed by atoms with Crippen molar-refractivity contribution in [3.8, 4) is 5.75 Å². The largest absolute Gasteiger partial charge is 0.497 e. The van der Waals surface area contributed by atoms with Gasteiger partial charge in [-0.15, -0.1) is 0 Å². The number of carbonyl (C=O) groups excluding carboxylic acids is 3. The third kappa shape index (κ3) is 10.7. The van der Waals surface area contributed by atoms with Gasteiger partial charge in [-0.2, -0.15) is 0 Å². The minimum atomic E-state index is -1.54. The van der Waals surface area contributed by atoms with Gasteiger partial charge in [0.15, 0.2) is 0 Å². The summed E-state index contributed by atoms with van der Waals surface area (Å²) in [6.07, 6.45) is 0.849. The zero-order chi connectivity index (χ0) is 40.2. The molecule has 8 N–H and O–H groups in total. The number of aliphatic hydroxyl groups excluding tert-OH is 6. The molecule has 14 heteroatoms. The van der Waals surface area contributed by atoms with Gasteiger partial charge < -0.3 is 46.0 Å². The number of hydrogen-bond donors (Lipinski definition) is 8. The smallest absolute Gasteiger partial charge is 0.262 e. The van der Waals surface area contributed by atoms with E-state index in [-0.39, 0.29) is 18.2 Å². The second kappa shape index (κ2) is 19.8. The number of halogens is 1. The predicted molar refractivity (Wildman–Crippen MR) is 206 cm³/mol. The van der Waals surface area contributed by atoms with Gasteiger partial charge in [0.1, 0.15) is 16.8 Å². The Morgan fingerprint density at radius 3 is 1.81 bits per heavy atom. The average molecular weight is 770 g/mol. The first-order valence-corrected chi connectivity index (χ1v) is 17.9. The molecular formula is C40H52ClN3O10. The van der Waals surface area contributed by atoms with Crippen LogP contribution in [0.25, 0.3) is 10.9 Å². The van der Waals surface area contributed by atoms with Crippen LogP contribution in [0.5, 0.6) is 5.75 Å². The van der Waals surface area contributed by atoms with Gasteiger partial charge in [-0.25, -0.2) is 0 Å². The molecule has 2 amide bonds. The lowest BCUT2D eigenvalue weighted by atomic mass is 9.94. The molecule has 3 aromatic carbocycles. The number of nitrogens with zero attached hydrogens (tertiary/aromatic N) is 1. The van der Waals surface area contributed by atoms with E-state index in [9.17, 15) is 45.0 Å². The van der Waals surface area contributed by atoms with Crippen LogP contribution >= 0.6 is 11.6 Å². The van der Waals surface area contributed by atoms with Gasteiger partial charge in [-0.05, 0) is 85.3 Å². The number of rotatable bonds is 16. The molecule has 1 heterocycles. The molecule has 0 radical (unpaired) electrons. The molecule has 1 aromatic heterocycles. The van der Waals surface area contributed by atoms with Crippen molar-refractivity contribution >= 4 is 40.2 Å². The summed E-state index contributed by atoms with van der Waals surface area (Å²) in [5.74, 6) is -0.440. The van der Waals surface area contributed by atoms with E-state index in [2.05, 4.69) is 24.5 Å². The Labute approximate surface area is 320 Å². The maximum atomic E-state index is 13.3. The fraction of sp³-hybridized carbons (Fsp3) is 0.425. The van der Waals surface area contributed by atoms with Gasteiger partial charge in [-0.1, -0.05) is 49.7 Å². The summed E-state index contributed by atoms with van der Waals surface area (Å²) < 4.78 is 6.84. The molecule has 0 aliphatic carbocycles. The van der Waals surface area contributed by atoms with E-state index in [0.717, 1.165) is 12.0 Å². The summed E-state index contributed by atoms with van der Waals surface area (Å²) in [6.45, 7) is 4.35. The fourth-order valence-corrected chi connectivity index (χ4v) is 5.89. The molecule has 4 aromatic rings. The Kier molecular flexibility index (Phi) is 16.2. The number of hydrogen-bond acceptors (Lipinski definition) is 10. The molecule has 0 fully saturated rings. The molecule has 4 rings (SSSR count). The third-order valence-corrected chi connectivity index (χ3v) is 9.55. The Balaban J connectivity index is 0.000000313. The standard InChI is InChI=1S/C23H25ClN2O6.C17H27NO4/c1-14-18(10-21(30)25-23(11-27,12-28)13-29)19-9-17(32-2)7-8-20(19)26(14)22(31)15-3-5-16(24)6-4-15;1-12(2)8-14-4-6-15(7-5-14)13(3)16(22)18-17(9-19,10-20)11-21/h3-9,27-29H,10-13H2,1-2H3,(H,25,30);4-7,12-13,19-21H,8-11H2,1-3H3,(H,18,22). The minimum absolute atomic E-state index is 0.141. The molecular weight excluding hydrogens is 718 g/mol. The molecule has 0 saturated carbocycles. The van der Waals surface area contributed by atoms with Crippen molar-refractivity contribution in [2.45, 2.75) is 57.5 Å². The first-order valence-electron chi connectivity index (χ1n) is 17.5. The maximum Gasteiger partial charge on any atom is 0.262 e. The van der Waals surface area contributed by atoms with Crippen LogP contribution in [0.4, 0.5) is 0 Å². The number of fused-ring (bicyclic) bond motifs is 1. The van der Waals surface area contributed by atoms with E-state index in [1.165, 1.54) is 17.2 Å². The number of benzene rings is 3. The molecule has 0 aliphatic rings. The number of aliphatic hydroxyl groups is 6. The van der Waals surface area contributed by atoms with Crippen LogP contribution in [-0.4, -0.2) is 111 Å². The normalized spacial score (nSPS) is 12.2. The second-order valence-electron chi connectivity index (χ2n) is 13.9. The van der Waals surface area contributed by atoms with Gasteiger partial charge in [0.2, 0.25) is 11.8 Å². The Bertz CT molecular complexity index is 1830. The molecule has 294 valence electrons. The summed E-state index contributed by atoms with van der Waals surface area (Å²) >= 11 is 5.94. The topological polar surface area (TPSA) is 211 Å². The van der Waals surface area contributed by atoms with E-state index in [0.29, 0.717) is 44.4 Å².